The Hall–Kier alpha value is -0.570. The van der Waals surface area contributed by atoms with E-state index in [0.717, 1.165) is 12.8 Å². The van der Waals surface area contributed by atoms with Gasteiger partial charge in [0, 0.05) is 6.04 Å². The van der Waals surface area contributed by atoms with E-state index in [1.165, 1.54) is 19.3 Å². The normalized spacial score (nSPS) is 20.1. The molecule has 1 aliphatic carbocycles. The highest BCUT2D eigenvalue weighted by Gasteiger charge is 2.26. The number of nitrogens with one attached hydrogen (secondary N) is 1. The molecule has 1 aliphatic rings. The molecular formula is C13H26N2O. The molecule has 0 spiro atoms. The Labute approximate surface area is 99.6 Å². The first kappa shape index (κ1) is 13.5. The van der Waals surface area contributed by atoms with Crippen molar-refractivity contribution in [2.75, 3.05) is 14.1 Å². The third-order valence-corrected chi connectivity index (χ3v) is 3.41. The van der Waals surface area contributed by atoms with E-state index in [-0.39, 0.29) is 11.9 Å². The second-order valence-corrected chi connectivity index (χ2v) is 5.50. The van der Waals surface area contributed by atoms with Crippen LogP contribution in [0.1, 0.15) is 46.0 Å². The van der Waals surface area contributed by atoms with E-state index in [0.29, 0.717) is 12.0 Å². The molecule has 0 radical (unpaired) electrons. The molecule has 1 fully saturated rings. The lowest BCUT2D eigenvalue weighted by Gasteiger charge is -2.30. The zero-order valence-electron chi connectivity index (χ0n) is 11.1. The van der Waals surface area contributed by atoms with E-state index < -0.39 is 0 Å². The van der Waals surface area contributed by atoms with Gasteiger partial charge in [-0.2, -0.15) is 0 Å². The van der Waals surface area contributed by atoms with Crippen molar-refractivity contribution in [3.8, 4) is 0 Å². The maximum absolute atomic E-state index is 12.1. The molecule has 1 atom stereocenters. The molecule has 3 heteroatoms. The summed E-state index contributed by atoms with van der Waals surface area (Å²) in [4.78, 5) is 14.2. The quantitative estimate of drug-likeness (QED) is 0.795. The molecule has 16 heavy (non-hydrogen) atoms. The predicted octanol–water partition coefficient (Wildman–Crippen LogP) is 2.02. The fourth-order valence-electron chi connectivity index (χ4n) is 2.67. The van der Waals surface area contributed by atoms with Gasteiger partial charge in [0.1, 0.15) is 0 Å². The smallest absolute Gasteiger partial charge is 0.237 e. The molecule has 1 N–H and O–H groups in total. The standard InChI is InChI=1S/C13H26N2O/c1-10(2)12(15(3)4)13(16)14-11-8-6-5-7-9-11/h10-12H,5-9H2,1-4H3,(H,14,16). The van der Waals surface area contributed by atoms with Crippen molar-refractivity contribution in [3.05, 3.63) is 0 Å². The van der Waals surface area contributed by atoms with Crippen LogP contribution in [0.3, 0.4) is 0 Å². The SMILES string of the molecule is CC(C)C(C(=O)NC1CCCCC1)N(C)C. The molecule has 0 aromatic heterocycles. The van der Waals surface area contributed by atoms with Crippen LogP contribution in [0.15, 0.2) is 0 Å². The molecule has 3 nitrogen and oxygen atoms in total. The minimum absolute atomic E-state index is 0.00178. The molecule has 0 aliphatic heterocycles. The van der Waals surface area contributed by atoms with Gasteiger partial charge < -0.3 is 5.32 Å². The summed E-state index contributed by atoms with van der Waals surface area (Å²) in [6.45, 7) is 4.20. The lowest BCUT2D eigenvalue weighted by Crippen LogP contribution is -2.50. The molecule has 1 unspecified atom stereocenters. The minimum Gasteiger partial charge on any atom is -0.352 e. The number of nitrogens with zero attached hydrogens (tertiary/aromatic N) is 1. The van der Waals surface area contributed by atoms with E-state index in [2.05, 4.69) is 19.2 Å². The van der Waals surface area contributed by atoms with E-state index in [4.69, 9.17) is 0 Å². The number of hydrogen-bond acceptors (Lipinski definition) is 2. The van der Waals surface area contributed by atoms with Crippen molar-refractivity contribution in [1.82, 2.24) is 10.2 Å². The van der Waals surface area contributed by atoms with Crippen molar-refractivity contribution < 1.29 is 4.79 Å². The Kier molecular flexibility index (Phi) is 5.26. The van der Waals surface area contributed by atoms with E-state index in [1.807, 2.05) is 19.0 Å². The third kappa shape index (κ3) is 3.78. The second kappa shape index (κ2) is 6.24. The van der Waals surface area contributed by atoms with Gasteiger partial charge in [0.25, 0.3) is 0 Å². The first-order chi connectivity index (χ1) is 7.52. The molecule has 0 bridgehead atoms. The van der Waals surface area contributed by atoms with Crippen molar-refractivity contribution in [1.29, 1.82) is 0 Å². The van der Waals surface area contributed by atoms with Crippen LogP contribution >= 0.6 is 0 Å². The lowest BCUT2D eigenvalue weighted by atomic mass is 9.94. The van der Waals surface area contributed by atoms with Crippen LogP contribution < -0.4 is 5.32 Å². The van der Waals surface area contributed by atoms with Crippen LogP contribution in [-0.2, 0) is 4.79 Å². The monoisotopic (exact) mass is 226 g/mol. The summed E-state index contributed by atoms with van der Waals surface area (Å²) >= 11 is 0. The molecule has 1 amide bonds. The van der Waals surface area contributed by atoms with Gasteiger partial charge in [0.15, 0.2) is 0 Å². The van der Waals surface area contributed by atoms with Crippen molar-refractivity contribution in [2.45, 2.75) is 58.0 Å². The van der Waals surface area contributed by atoms with Crippen molar-refractivity contribution in [2.24, 2.45) is 5.92 Å². The van der Waals surface area contributed by atoms with Gasteiger partial charge in [-0.05, 0) is 32.9 Å². The largest absolute Gasteiger partial charge is 0.352 e. The first-order valence-electron chi connectivity index (χ1n) is 6.49. The number of likely N-dealkylation sites (N-methyl/N-ethyl adjacent to an activating group) is 1. The topological polar surface area (TPSA) is 32.3 Å². The van der Waals surface area contributed by atoms with Gasteiger partial charge in [0.05, 0.1) is 6.04 Å². The van der Waals surface area contributed by atoms with Gasteiger partial charge in [-0.3, -0.25) is 9.69 Å². The average molecular weight is 226 g/mol. The fourth-order valence-corrected chi connectivity index (χ4v) is 2.67. The van der Waals surface area contributed by atoms with Gasteiger partial charge in [0.2, 0.25) is 5.91 Å². The van der Waals surface area contributed by atoms with Crippen LogP contribution in [-0.4, -0.2) is 37.0 Å². The van der Waals surface area contributed by atoms with Gasteiger partial charge in [-0.1, -0.05) is 33.1 Å². The Balaban J connectivity index is 2.47. The van der Waals surface area contributed by atoms with Gasteiger partial charge in [-0.15, -0.1) is 0 Å². The van der Waals surface area contributed by atoms with Crippen molar-refractivity contribution in [3.63, 3.8) is 0 Å². The summed E-state index contributed by atoms with van der Waals surface area (Å²) in [6.07, 6.45) is 6.17. The highest BCUT2D eigenvalue weighted by Crippen LogP contribution is 2.18. The first-order valence-corrected chi connectivity index (χ1v) is 6.49. The Bertz CT molecular complexity index is 212. The molecule has 0 aromatic rings. The zero-order valence-corrected chi connectivity index (χ0v) is 11.1. The third-order valence-electron chi connectivity index (χ3n) is 3.41. The predicted molar refractivity (Wildman–Crippen MR) is 67.3 cm³/mol. The minimum atomic E-state index is 0.00178. The summed E-state index contributed by atoms with van der Waals surface area (Å²) in [5.41, 5.74) is 0. The van der Waals surface area contributed by atoms with Crippen LogP contribution in [0.4, 0.5) is 0 Å². The Morgan fingerprint density at radius 1 is 1.19 bits per heavy atom. The zero-order chi connectivity index (χ0) is 12.1. The molecule has 1 rings (SSSR count). The maximum Gasteiger partial charge on any atom is 0.237 e. The number of carbonyl (C=O) groups excluding carboxylic acids is 1. The summed E-state index contributed by atoms with van der Waals surface area (Å²) in [5.74, 6) is 0.561. The highest BCUT2D eigenvalue weighted by atomic mass is 16.2. The molecule has 0 saturated heterocycles. The second-order valence-electron chi connectivity index (χ2n) is 5.50. The highest BCUT2D eigenvalue weighted by molar-refractivity contribution is 5.82. The molecule has 0 aromatic carbocycles. The van der Waals surface area contributed by atoms with Crippen molar-refractivity contribution >= 4 is 5.91 Å². The van der Waals surface area contributed by atoms with E-state index in [1.54, 1.807) is 0 Å². The Morgan fingerprint density at radius 2 is 1.75 bits per heavy atom. The van der Waals surface area contributed by atoms with Crippen LogP contribution in [0.2, 0.25) is 0 Å². The summed E-state index contributed by atoms with van der Waals surface area (Å²) < 4.78 is 0. The average Bonchev–Trinajstić information content (AvgIpc) is 2.17. The number of amides is 1. The molecule has 0 heterocycles. The van der Waals surface area contributed by atoms with Crippen LogP contribution in [0.5, 0.6) is 0 Å². The van der Waals surface area contributed by atoms with Crippen LogP contribution in [0.25, 0.3) is 0 Å². The number of carbonyl (C=O) groups is 1. The van der Waals surface area contributed by atoms with E-state index in [9.17, 15) is 4.79 Å². The fraction of sp³-hybridized carbons (Fsp3) is 0.923. The molecule has 94 valence electrons. The van der Waals surface area contributed by atoms with E-state index >= 15 is 0 Å². The van der Waals surface area contributed by atoms with Crippen LogP contribution in [0, 0.1) is 5.92 Å². The number of rotatable bonds is 4. The molecule has 1 saturated carbocycles. The van der Waals surface area contributed by atoms with Gasteiger partial charge >= 0.3 is 0 Å². The number of hydrogen-bond donors (Lipinski definition) is 1. The Morgan fingerprint density at radius 3 is 2.19 bits per heavy atom. The van der Waals surface area contributed by atoms with Gasteiger partial charge in [-0.25, -0.2) is 0 Å². The lowest BCUT2D eigenvalue weighted by molar-refractivity contribution is -0.127. The maximum atomic E-state index is 12.1. The summed E-state index contributed by atoms with van der Waals surface area (Å²) in [6, 6.07) is 0.421. The summed E-state index contributed by atoms with van der Waals surface area (Å²) in [5, 5.41) is 3.20. The summed E-state index contributed by atoms with van der Waals surface area (Å²) in [7, 11) is 3.95. The molecular weight excluding hydrogens is 200 g/mol.